The summed E-state index contributed by atoms with van der Waals surface area (Å²) >= 11 is 0. The van der Waals surface area contributed by atoms with Gasteiger partial charge < -0.3 is 10.4 Å². The van der Waals surface area contributed by atoms with Gasteiger partial charge >= 0.3 is 0 Å². The summed E-state index contributed by atoms with van der Waals surface area (Å²) < 4.78 is 13.8. The summed E-state index contributed by atoms with van der Waals surface area (Å²) in [5, 5.41) is 13.2. The monoisotopic (exact) mass is 334 g/mol. The highest BCUT2D eigenvalue weighted by Crippen LogP contribution is 2.25. The van der Waals surface area contributed by atoms with Crippen molar-refractivity contribution in [2.24, 2.45) is 0 Å². The number of nitrogens with zero attached hydrogens (tertiary/aromatic N) is 3. The molecular formula is C19H15FN4O. The van der Waals surface area contributed by atoms with Crippen molar-refractivity contribution in [1.29, 1.82) is 0 Å². The SMILES string of the molecule is [C-]#[N+]c1ccc(-c2cc(NC[C@H](O)c3ccccc3)ncn2)cc1F. The second-order valence-corrected chi connectivity index (χ2v) is 5.37. The molecule has 0 fully saturated rings. The lowest BCUT2D eigenvalue weighted by Crippen LogP contribution is -2.13. The lowest BCUT2D eigenvalue weighted by atomic mass is 10.1. The summed E-state index contributed by atoms with van der Waals surface area (Å²) in [5.41, 5.74) is 1.87. The van der Waals surface area contributed by atoms with Crippen molar-refractivity contribution in [2.45, 2.75) is 6.10 Å². The molecule has 0 aliphatic rings. The minimum absolute atomic E-state index is 0.0258. The van der Waals surface area contributed by atoms with Crippen LogP contribution in [-0.4, -0.2) is 21.6 Å². The number of rotatable bonds is 5. The van der Waals surface area contributed by atoms with Gasteiger partial charge in [-0.15, -0.1) is 0 Å². The molecule has 124 valence electrons. The summed E-state index contributed by atoms with van der Waals surface area (Å²) in [4.78, 5) is 11.3. The molecule has 5 nitrogen and oxygen atoms in total. The molecule has 3 rings (SSSR count). The molecule has 1 aromatic heterocycles. The van der Waals surface area contributed by atoms with Gasteiger partial charge in [0.1, 0.15) is 18.0 Å². The lowest BCUT2D eigenvalue weighted by molar-refractivity contribution is 0.191. The Morgan fingerprint density at radius 3 is 2.64 bits per heavy atom. The van der Waals surface area contributed by atoms with E-state index in [0.29, 0.717) is 17.1 Å². The Kier molecular flexibility index (Phi) is 4.97. The Balaban J connectivity index is 1.74. The van der Waals surface area contributed by atoms with Crippen LogP contribution in [-0.2, 0) is 0 Å². The molecule has 0 unspecified atom stereocenters. The molecule has 1 atom stereocenters. The number of nitrogens with one attached hydrogen (secondary N) is 1. The number of anilines is 1. The van der Waals surface area contributed by atoms with Crippen LogP contribution in [0.25, 0.3) is 16.1 Å². The maximum absolute atomic E-state index is 13.8. The third-order valence-corrected chi connectivity index (χ3v) is 3.69. The van der Waals surface area contributed by atoms with E-state index in [2.05, 4.69) is 20.1 Å². The zero-order chi connectivity index (χ0) is 17.6. The predicted molar refractivity (Wildman–Crippen MR) is 93.6 cm³/mol. The third-order valence-electron chi connectivity index (χ3n) is 3.69. The Morgan fingerprint density at radius 1 is 1.12 bits per heavy atom. The smallest absolute Gasteiger partial charge is 0.222 e. The molecule has 6 heteroatoms. The van der Waals surface area contributed by atoms with E-state index >= 15 is 0 Å². The van der Waals surface area contributed by atoms with Crippen molar-refractivity contribution in [3.8, 4) is 11.3 Å². The van der Waals surface area contributed by atoms with E-state index in [-0.39, 0.29) is 12.2 Å². The van der Waals surface area contributed by atoms with E-state index in [1.165, 1.54) is 18.5 Å². The molecule has 1 heterocycles. The number of benzene rings is 2. The molecule has 0 saturated heterocycles. The molecule has 0 radical (unpaired) electrons. The fraction of sp³-hybridized carbons (Fsp3) is 0.105. The number of aromatic nitrogens is 2. The van der Waals surface area contributed by atoms with Gasteiger partial charge in [-0.25, -0.2) is 19.2 Å². The van der Waals surface area contributed by atoms with Crippen molar-refractivity contribution >= 4 is 11.5 Å². The molecule has 0 bridgehead atoms. The van der Waals surface area contributed by atoms with Gasteiger partial charge in [-0.2, -0.15) is 0 Å². The van der Waals surface area contributed by atoms with E-state index in [1.54, 1.807) is 12.1 Å². The first-order chi connectivity index (χ1) is 12.2. The average molecular weight is 334 g/mol. The molecule has 2 N–H and O–H groups in total. The summed E-state index contributed by atoms with van der Waals surface area (Å²) in [7, 11) is 0. The first kappa shape index (κ1) is 16.6. The molecule has 0 aliphatic heterocycles. The maximum Gasteiger partial charge on any atom is 0.222 e. The first-order valence-corrected chi connectivity index (χ1v) is 7.63. The van der Waals surface area contributed by atoms with Crippen LogP contribution in [0.3, 0.4) is 0 Å². The van der Waals surface area contributed by atoms with Crippen LogP contribution >= 0.6 is 0 Å². The van der Waals surface area contributed by atoms with Gasteiger partial charge in [0.2, 0.25) is 5.69 Å². The average Bonchev–Trinajstić information content (AvgIpc) is 2.67. The summed E-state index contributed by atoms with van der Waals surface area (Å²) in [6.07, 6.45) is 0.697. The van der Waals surface area contributed by atoms with Gasteiger partial charge in [-0.05, 0) is 11.6 Å². The van der Waals surface area contributed by atoms with Gasteiger partial charge in [0.05, 0.1) is 18.4 Å². The van der Waals surface area contributed by atoms with Crippen molar-refractivity contribution in [1.82, 2.24) is 9.97 Å². The lowest BCUT2D eigenvalue weighted by Gasteiger charge is -2.13. The fourth-order valence-electron chi connectivity index (χ4n) is 2.36. The van der Waals surface area contributed by atoms with Gasteiger partial charge in [0.25, 0.3) is 0 Å². The zero-order valence-electron chi connectivity index (χ0n) is 13.2. The van der Waals surface area contributed by atoms with Gasteiger partial charge in [-0.3, -0.25) is 0 Å². The predicted octanol–water partition coefficient (Wildman–Crippen LogP) is 3.98. The van der Waals surface area contributed by atoms with E-state index in [1.807, 2.05) is 30.3 Å². The van der Waals surface area contributed by atoms with Gasteiger partial charge in [0.15, 0.2) is 0 Å². The van der Waals surface area contributed by atoms with E-state index in [0.717, 1.165) is 5.56 Å². The van der Waals surface area contributed by atoms with Crippen molar-refractivity contribution in [2.75, 3.05) is 11.9 Å². The largest absolute Gasteiger partial charge is 0.387 e. The number of aliphatic hydroxyl groups is 1. The summed E-state index contributed by atoms with van der Waals surface area (Å²) in [5.74, 6) is -0.0604. The Bertz CT molecular complexity index is 909. The Morgan fingerprint density at radius 2 is 1.92 bits per heavy atom. The number of hydrogen-bond acceptors (Lipinski definition) is 4. The van der Waals surface area contributed by atoms with E-state index in [9.17, 15) is 9.50 Å². The minimum Gasteiger partial charge on any atom is -0.387 e. The molecule has 0 saturated carbocycles. The third kappa shape index (κ3) is 3.97. The second-order valence-electron chi connectivity index (χ2n) is 5.37. The number of halogens is 1. The highest BCUT2D eigenvalue weighted by molar-refractivity contribution is 5.65. The van der Waals surface area contributed by atoms with Crippen molar-refractivity contribution in [3.63, 3.8) is 0 Å². The summed E-state index contributed by atoms with van der Waals surface area (Å²) in [6, 6.07) is 15.3. The highest BCUT2D eigenvalue weighted by Gasteiger charge is 2.09. The molecule has 0 aliphatic carbocycles. The highest BCUT2D eigenvalue weighted by atomic mass is 19.1. The molecule has 25 heavy (non-hydrogen) atoms. The maximum atomic E-state index is 13.8. The number of aliphatic hydroxyl groups excluding tert-OH is 1. The van der Waals surface area contributed by atoms with Gasteiger partial charge in [0, 0.05) is 18.2 Å². The molecule has 3 aromatic rings. The van der Waals surface area contributed by atoms with Crippen molar-refractivity contribution < 1.29 is 9.50 Å². The fourth-order valence-corrected chi connectivity index (χ4v) is 2.36. The zero-order valence-corrected chi connectivity index (χ0v) is 13.2. The van der Waals surface area contributed by atoms with E-state index in [4.69, 9.17) is 6.57 Å². The molecule has 0 amide bonds. The van der Waals surface area contributed by atoms with Crippen LogP contribution in [0.1, 0.15) is 11.7 Å². The van der Waals surface area contributed by atoms with Crippen LogP contribution in [0.4, 0.5) is 15.9 Å². The van der Waals surface area contributed by atoms with Crippen LogP contribution in [0, 0.1) is 12.4 Å². The van der Waals surface area contributed by atoms with Gasteiger partial charge in [-0.1, -0.05) is 42.5 Å². The van der Waals surface area contributed by atoms with Crippen LogP contribution < -0.4 is 5.32 Å². The summed E-state index contributed by atoms with van der Waals surface area (Å²) in [6.45, 7) is 7.17. The van der Waals surface area contributed by atoms with Crippen molar-refractivity contribution in [3.05, 3.63) is 83.7 Å². The topological polar surface area (TPSA) is 62.4 Å². The Labute approximate surface area is 144 Å². The quantitative estimate of drug-likeness (QED) is 0.693. The molecule has 2 aromatic carbocycles. The molecular weight excluding hydrogens is 319 g/mol. The standard InChI is InChI=1S/C19H15FN4O/c1-21-16-8-7-14(9-15(16)20)17-10-19(24-12-23-17)22-11-18(25)13-5-3-2-4-6-13/h2-10,12,18,25H,11H2,(H,22,23,24)/t18-/m0/s1. The van der Waals surface area contributed by atoms with Crippen LogP contribution in [0.5, 0.6) is 0 Å². The Hall–Kier alpha value is -3.30. The number of hydrogen-bond donors (Lipinski definition) is 2. The van der Waals surface area contributed by atoms with E-state index < -0.39 is 11.9 Å². The van der Waals surface area contributed by atoms with Crippen LogP contribution in [0.15, 0.2) is 60.9 Å². The molecule has 0 spiro atoms. The second kappa shape index (κ2) is 7.51. The first-order valence-electron chi connectivity index (χ1n) is 7.63. The minimum atomic E-state index is -0.671. The normalized spacial score (nSPS) is 11.6. The van der Waals surface area contributed by atoms with Crippen LogP contribution in [0.2, 0.25) is 0 Å².